The first kappa shape index (κ1) is 13.0. The molecule has 0 saturated carbocycles. The maximum atomic E-state index is 11.0. The van der Waals surface area contributed by atoms with E-state index in [9.17, 15) is 10.1 Å². The van der Waals surface area contributed by atoms with Crippen LogP contribution in [0.1, 0.15) is 11.1 Å². The molecule has 1 aromatic carbocycles. The quantitative estimate of drug-likeness (QED) is 0.673. The Balaban J connectivity index is 2.34. The lowest BCUT2D eigenvalue weighted by Crippen LogP contribution is -1.98. The van der Waals surface area contributed by atoms with E-state index in [1.165, 1.54) is 12.3 Å². The molecule has 0 amide bonds. The van der Waals surface area contributed by atoms with E-state index < -0.39 is 4.92 Å². The minimum absolute atomic E-state index is 0.0712. The number of hydrogen-bond acceptors (Lipinski definition) is 5. The van der Waals surface area contributed by atoms with E-state index in [-0.39, 0.29) is 11.4 Å². The lowest BCUT2D eigenvalue weighted by molar-refractivity contribution is -0.385. The molecule has 6 heteroatoms. The summed E-state index contributed by atoms with van der Waals surface area (Å²) >= 11 is 0. The fraction of sp³-hybridized carbons (Fsp3) is 0.154. The van der Waals surface area contributed by atoms with Gasteiger partial charge in [0.2, 0.25) is 5.75 Å². The van der Waals surface area contributed by atoms with Crippen LogP contribution in [-0.4, -0.2) is 9.91 Å². The molecule has 0 unspecified atom stereocenters. The fourth-order valence-corrected chi connectivity index (χ4v) is 1.61. The molecule has 0 aliphatic rings. The molecule has 2 aromatic rings. The third kappa shape index (κ3) is 3.05. The molecule has 0 radical (unpaired) electrons. The number of aryl methyl sites for hydroxylation is 1. The van der Waals surface area contributed by atoms with E-state index >= 15 is 0 Å². The number of nitrogens with two attached hydrogens (primary N) is 1. The second-order valence-electron chi connectivity index (χ2n) is 4.06. The molecule has 0 saturated heterocycles. The Morgan fingerprint density at radius 2 is 2.16 bits per heavy atom. The summed E-state index contributed by atoms with van der Waals surface area (Å²) < 4.78 is 5.51. The fourth-order valence-electron chi connectivity index (χ4n) is 1.61. The molecule has 0 spiro atoms. The van der Waals surface area contributed by atoms with Crippen molar-refractivity contribution in [1.29, 1.82) is 0 Å². The van der Waals surface area contributed by atoms with E-state index in [4.69, 9.17) is 10.5 Å². The van der Waals surface area contributed by atoms with Gasteiger partial charge < -0.3 is 10.5 Å². The molecule has 0 fully saturated rings. The first-order chi connectivity index (χ1) is 9.10. The number of hydrogen-bond donors (Lipinski definition) is 1. The monoisotopic (exact) mass is 259 g/mol. The van der Waals surface area contributed by atoms with Crippen LogP contribution in [0, 0.1) is 17.0 Å². The molecule has 98 valence electrons. The van der Waals surface area contributed by atoms with Crippen molar-refractivity contribution in [3.63, 3.8) is 0 Å². The van der Waals surface area contributed by atoms with Gasteiger partial charge in [-0.2, -0.15) is 0 Å². The van der Waals surface area contributed by atoms with Crippen molar-refractivity contribution >= 4 is 5.69 Å². The Bertz CT molecular complexity index is 614. The first-order valence-electron chi connectivity index (χ1n) is 5.67. The van der Waals surface area contributed by atoms with E-state index in [1.54, 1.807) is 31.3 Å². The molecule has 1 heterocycles. The second kappa shape index (κ2) is 5.45. The van der Waals surface area contributed by atoms with Gasteiger partial charge in [-0.05, 0) is 30.2 Å². The van der Waals surface area contributed by atoms with Crippen LogP contribution in [0.5, 0.6) is 11.5 Å². The van der Waals surface area contributed by atoms with Gasteiger partial charge in [-0.3, -0.25) is 15.1 Å². The zero-order valence-electron chi connectivity index (χ0n) is 10.4. The molecule has 1 aromatic heterocycles. The smallest absolute Gasteiger partial charge is 0.311 e. The van der Waals surface area contributed by atoms with Gasteiger partial charge in [-0.25, -0.2) is 0 Å². The summed E-state index contributed by atoms with van der Waals surface area (Å²) in [4.78, 5) is 14.5. The summed E-state index contributed by atoms with van der Waals surface area (Å²) in [6, 6.07) is 6.50. The molecule has 2 N–H and O–H groups in total. The van der Waals surface area contributed by atoms with Gasteiger partial charge in [0.25, 0.3) is 0 Å². The lowest BCUT2D eigenvalue weighted by atomic mass is 10.2. The highest BCUT2D eigenvalue weighted by molar-refractivity contribution is 5.50. The molecule has 0 aliphatic heterocycles. The van der Waals surface area contributed by atoms with Crippen molar-refractivity contribution in [2.75, 3.05) is 0 Å². The Morgan fingerprint density at radius 1 is 1.37 bits per heavy atom. The largest absolute Gasteiger partial charge is 0.448 e. The number of nitrogens with zero attached hydrogens (tertiary/aromatic N) is 2. The zero-order chi connectivity index (χ0) is 13.8. The molecule has 19 heavy (non-hydrogen) atoms. The van der Waals surface area contributed by atoms with E-state index in [1.807, 2.05) is 0 Å². The number of nitro benzene ring substituents is 1. The predicted molar refractivity (Wildman–Crippen MR) is 70.0 cm³/mol. The summed E-state index contributed by atoms with van der Waals surface area (Å²) in [5, 5.41) is 11.0. The lowest BCUT2D eigenvalue weighted by Gasteiger charge is -2.07. The van der Waals surface area contributed by atoms with Crippen LogP contribution in [0.15, 0.2) is 36.7 Å². The number of rotatable bonds is 4. The summed E-state index contributed by atoms with van der Waals surface area (Å²) in [5.74, 6) is 0.612. The third-order valence-corrected chi connectivity index (χ3v) is 2.54. The highest BCUT2D eigenvalue weighted by Gasteiger charge is 2.16. The molecule has 2 rings (SSSR count). The van der Waals surface area contributed by atoms with Crippen LogP contribution >= 0.6 is 0 Å². The Kier molecular flexibility index (Phi) is 3.72. The Morgan fingerprint density at radius 3 is 2.84 bits per heavy atom. The van der Waals surface area contributed by atoms with Gasteiger partial charge in [0.1, 0.15) is 5.75 Å². The van der Waals surface area contributed by atoms with E-state index in [2.05, 4.69) is 4.98 Å². The minimum atomic E-state index is -0.470. The van der Waals surface area contributed by atoms with Gasteiger partial charge in [0.05, 0.1) is 11.1 Å². The number of benzene rings is 1. The number of pyridine rings is 1. The third-order valence-electron chi connectivity index (χ3n) is 2.54. The minimum Gasteiger partial charge on any atom is -0.448 e. The van der Waals surface area contributed by atoms with Crippen molar-refractivity contribution < 1.29 is 9.66 Å². The predicted octanol–water partition coefficient (Wildman–Crippen LogP) is 2.55. The second-order valence-corrected chi connectivity index (χ2v) is 4.06. The normalized spacial score (nSPS) is 10.2. The van der Waals surface area contributed by atoms with Crippen LogP contribution in [0.3, 0.4) is 0 Å². The van der Waals surface area contributed by atoms with Crippen molar-refractivity contribution in [2.24, 2.45) is 5.73 Å². The highest BCUT2D eigenvalue weighted by atomic mass is 16.6. The van der Waals surface area contributed by atoms with Crippen LogP contribution in [0.2, 0.25) is 0 Å². The van der Waals surface area contributed by atoms with Crippen molar-refractivity contribution in [3.05, 3.63) is 57.9 Å². The van der Waals surface area contributed by atoms with E-state index in [0.29, 0.717) is 12.3 Å². The van der Waals surface area contributed by atoms with Gasteiger partial charge in [0, 0.05) is 18.8 Å². The zero-order valence-corrected chi connectivity index (χ0v) is 10.4. The van der Waals surface area contributed by atoms with Crippen LogP contribution in [-0.2, 0) is 6.54 Å². The molecular weight excluding hydrogens is 246 g/mol. The van der Waals surface area contributed by atoms with Crippen LogP contribution < -0.4 is 10.5 Å². The molecular formula is C13H13N3O3. The summed E-state index contributed by atoms with van der Waals surface area (Å²) in [7, 11) is 0. The molecule has 6 nitrogen and oxygen atoms in total. The number of aromatic nitrogens is 1. The van der Waals surface area contributed by atoms with Gasteiger partial charge in [-0.1, -0.05) is 6.07 Å². The maximum Gasteiger partial charge on any atom is 0.311 e. The molecule has 0 atom stereocenters. The molecule has 0 bridgehead atoms. The van der Waals surface area contributed by atoms with Crippen LogP contribution in [0.25, 0.3) is 0 Å². The standard InChI is InChI=1S/C13H13N3O3/c1-9-2-3-13(12(4-9)16(17)18)19-11-5-10(6-14)7-15-8-11/h2-5,7-8H,6,14H2,1H3. The van der Waals surface area contributed by atoms with Crippen molar-refractivity contribution in [1.82, 2.24) is 4.98 Å². The Labute approximate surface area is 110 Å². The number of nitro groups is 1. The van der Waals surface area contributed by atoms with Crippen molar-refractivity contribution in [3.8, 4) is 11.5 Å². The van der Waals surface area contributed by atoms with Gasteiger partial charge >= 0.3 is 5.69 Å². The summed E-state index contributed by atoms with van der Waals surface area (Å²) in [6.45, 7) is 2.12. The average Bonchev–Trinajstić information content (AvgIpc) is 2.41. The first-order valence-corrected chi connectivity index (χ1v) is 5.67. The SMILES string of the molecule is Cc1ccc(Oc2cncc(CN)c2)c([N+](=O)[O-])c1. The summed E-state index contributed by atoms with van der Waals surface area (Å²) in [5.41, 5.74) is 7.03. The molecule has 0 aliphatic carbocycles. The summed E-state index contributed by atoms with van der Waals surface area (Å²) in [6.07, 6.45) is 3.11. The van der Waals surface area contributed by atoms with Gasteiger partial charge in [0.15, 0.2) is 0 Å². The van der Waals surface area contributed by atoms with Crippen molar-refractivity contribution in [2.45, 2.75) is 13.5 Å². The topological polar surface area (TPSA) is 91.3 Å². The average molecular weight is 259 g/mol. The van der Waals surface area contributed by atoms with Gasteiger partial charge in [-0.15, -0.1) is 0 Å². The van der Waals surface area contributed by atoms with E-state index in [0.717, 1.165) is 11.1 Å². The number of ether oxygens (including phenoxy) is 1. The highest BCUT2D eigenvalue weighted by Crippen LogP contribution is 2.31. The maximum absolute atomic E-state index is 11.0. The Hall–Kier alpha value is -2.47. The van der Waals surface area contributed by atoms with Crippen LogP contribution in [0.4, 0.5) is 5.69 Å².